The predicted molar refractivity (Wildman–Crippen MR) is 110 cm³/mol. The van der Waals surface area contributed by atoms with Gasteiger partial charge in [-0.3, -0.25) is 9.36 Å². The van der Waals surface area contributed by atoms with Gasteiger partial charge in [-0.05, 0) is 30.2 Å². The van der Waals surface area contributed by atoms with Crippen LogP contribution < -0.4 is 15.9 Å². The van der Waals surface area contributed by atoms with Crippen LogP contribution in [0.25, 0.3) is 11.0 Å². The summed E-state index contributed by atoms with van der Waals surface area (Å²) in [6, 6.07) is 6.01. The van der Waals surface area contributed by atoms with Crippen molar-refractivity contribution in [2.24, 2.45) is 7.05 Å². The van der Waals surface area contributed by atoms with Crippen LogP contribution in [0.1, 0.15) is 35.2 Å². The van der Waals surface area contributed by atoms with Gasteiger partial charge in [-0.25, -0.2) is 22.9 Å². The first-order chi connectivity index (χ1) is 14.7. The Labute approximate surface area is 175 Å². The number of anilines is 1. The van der Waals surface area contributed by atoms with Gasteiger partial charge in [0.05, 0.1) is 11.1 Å². The highest BCUT2D eigenvalue weighted by molar-refractivity contribution is 5.97. The monoisotopic (exact) mass is 433 g/mol. The van der Waals surface area contributed by atoms with Gasteiger partial charge < -0.3 is 15.2 Å². The van der Waals surface area contributed by atoms with Crippen molar-refractivity contribution in [3.8, 4) is 0 Å². The van der Waals surface area contributed by atoms with E-state index in [9.17, 15) is 22.8 Å². The number of amides is 1. The topological polar surface area (TPSA) is 83.0 Å². The van der Waals surface area contributed by atoms with E-state index >= 15 is 0 Å². The van der Waals surface area contributed by atoms with E-state index in [1.165, 1.54) is 23.7 Å². The molecule has 2 aromatic heterocycles. The maximum atomic E-state index is 14.7. The number of pyridine rings is 1. The molecule has 2 N–H and O–H groups in total. The number of aromatic nitrogens is 3. The summed E-state index contributed by atoms with van der Waals surface area (Å²) in [5.41, 5.74) is 0.372. The van der Waals surface area contributed by atoms with Gasteiger partial charge in [0.25, 0.3) is 5.91 Å². The number of H-pyrrole nitrogens is 1. The Kier molecular flexibility index (Phi) is 5.24. The molecule has 0 radical (unpaired) electrons. The minimum Gasteiger partial charge on any atom is -0.356 e. The molecule has 1 amide bonds. The number of carbonyl (C=O) groups is 1. The number of hydrogen-bond donors (Lipinski definition) is 2. The highest BCUT2D eigenvalue weighted by atomic mass is 19.3. The molecule has 4 rings (SSSR count). The molecule has 164 valence electrons. The van der Waals surface area contributed by atoms with Crippen molar-refractivity contribution < 1.29 is 18.0 Å². The lowest BCUT2D eigenvalue weighted by atomic mass is 10.1. The molecular formula is C21H22F3N5O2. The smallest absolute Gasteiger partial charge is 0.326 e. The predicted octanol–water partition coefficient (Wildman–Crippen LogP) is 2.95. The van der Waals surface area contributed by atoms with Crippen molar-refractivity contribution in [3.63, 3.8) is 0 Å². The first-order valence-electron chi connectivity index (χ1n) is 9.87. The number of fused-ring (bicyclic) bond motifs is 1. The van der Waals surface area contributed by atoms with E-state index in [1.54, 1.807) is 30.3 Å². The quantitative estimate of drug-likeness (QED) is 0.648. The lowest BCUT2D eigenvalue weighted by Gasteiger charge is -2.25. The van der Waals surface area contributed by atoms with Crippen molar-refractivity contribution in [2.45, 2.75) is 37.8 Å². The molecule has 3 aromatic rings. The zero-order valence-electron chi connectivity index (χ0n) is 17.1. The summed E-state index contributed by atoms with van der Waals surface area (Å²) in [7, 11) is 3.25. The van der Waals surface area contributed by atoms with E-state index in [0.717, 1.165) is 0 Å². The Hall–Kier alpha value is -3.30. The van der Waals surface area contributed by atoms with Crippen molar-refractivity contribution in [2.75, 3.05) is 11.9 Å². The number of imidazole rings is 1. The van der Waals surface area contributed by atoms with E-state index in [0.29, 0.717) is 23.3 Å². The van der Waals surface area contributed by atoms with Crippen LogP contribution in [0.5, 0.6) is 0 Å². The van der Waals surface area contributed by atoms with E-state index in [-0.39, 0.29) is 36.5 Å². The Morgan fingerprint density at radius 1 is 1.35 bits per heavy atom. The first kappa shape index (κ1) is 21.0. The van der Waals surface area contributed by atoms with Gasteiger partial charge in [-0.2, -0.15) is 0 Å². The number of nitrogens with zero attached hydrogens (tertiary/aromatic N) is 3. The van der Waals surface area contributed by atoms with Gasteiger partial charge in [0.1, 0.15) is 11.3 Å². The fourth-order valence-electron chi connectivity index (χ4n) is 3.89. The molecule has 0 spiro atoms. The Balaban J connectivity index is 1.41. The number of rotatable bonds is 5. The minimum atomic E-state index is -2.63. The lowest BCUT2D eigenvalue weighted by Crippen LogP contribution is -2.31. The van der Waals surface area contributed by atoms with Crippen molar-refractivity contribution in [1.29, 1.82) is 0 Å². The van der Waals surface area contributed by atoms with Gasteiger partial charge >= 0.3 is 5.69 Å². The maximum absolute atomic E-state index is 14.7. The van der Waals surface area contributed by atoms with Crippen molar-refractivity contribution >= 4 is 22.8 Å². The third kappa shape index (κ3) is 4.01. The highest BCUT2D eigenvalue weighted by Gasteiger charge is 2.41. The summed E-state index contributed by atoms with van der Waals surface area (Å²) in [4.78, 5) is 32.6. The molecular weight excluding hydrogens is 411 g/mol. The molecule has 0 saturated heterocycles. The van der Waals surface area contributed by atoms with Crippen LogP contribution in [0.2, 0.25) is 0 Å². The van der Waals surface area contributed by atoms with Crippen LogP contribution in [-0.2, 0) is 13.6 Å². The molecule has 0 aliphatic heterocycles. The fourth-order valence-corrected chi connectivity index (χ4v) is 3.89. The summed E-state index contributed by atoms with van der Waals surface area (Å²) < 4.78 is 42.8. The number of aromatic amines is 1. The van der Waals surface area contributed by atoms with Crippen LogP contribution in [0.15, 0.2) is 35.3 Å². The molecule has 10 heteroatoms. The Bertz CT molecular complexity index is 1190. The van der Waals surface area contributed by atoms with Crippen molar-refractivity contribution in [1.82, 2.24) is 19.9 Å². The van der Waals surface area contributed by atoms with Gasteiger partial charge in [-0.1, -0.05) is 6.07 Å². The number of aryl methyl sites for hydroxylation is 1. The average molecular weight is 433 g/mol. The van der Waals surface area contributed by atoms with E-state index in [2.05, 4.69) is 15.3 Å². The molecule has 1 aliphatic carbocycles. The molecule has 2 heterocycles. The normalized spacial score (nSPS) is 17.8. The number of benzene rings is 1. The van der Waals surface area contributed by atoms with Crippen LogP contribution in [0.4, 0.5) is 19.0 Å². The molecule has 7 nitrogen and oxygen atoms in total. The number of nitrogens with one attached hydrogen (secondary N) is 2. The second-order valence-corrected chi connectivity index (χ2v) is 7.88. The SMILES string of the molecule is CN(c1ccc(CNC(=O)c2ccc3c([nH]c(=O)n3C)c2F)cn1)C1CCC(F)(F)C1. The second-order valence-electron chi connectivity index (χ2n) is 7.88. The molecule has 1 unspecified atom stereocenters. The standard InChI is InChI=1S/C21H22F3N5O2/c1-28(13-7-8-21(23,24)9-13)16-6-3-12(10-25-16)11-26-19(30)14-4-5-15-18(17(14)22)27-20(31)29(15)2/h3-6,10,13H,7-9,11H2,1-2H3,(H,26,30)(H,27,31). The number of carbonyl (C=O) groups excluding carboxylic acids is 1. The molecule has 0 bridgehead atoms. The summed E-state index contributed by atoms with van der Waals surface area (Å²) in [6.07, 6.45) is 1.65. The third-order valence-corrected chi connectivity index (χ3v) is 5.81. The maximum Gasteiger partial charge on any atom is 0.326 e. The Morgan fingerprint density at radius 3 is 2.77 bits per heavy atom. The highest BCUT2D eigenvalue weighted by Crippen LogP contribution is 2.37. The van der Waals surface area contributed by atoms with Gasteiger partial charge in [-0.15, -0.1) is 0 Å². The average Bonchev–Trinajstić information content (AvgIpc) is 3.26. The van der Waals surface area contributed by atoms with E-state index in [1.807, 2.05) is 0 Å². The first-order valence-corrected chi connectivity index (χ1v) is 9.87. The fraction of sp³-hybridized carbons (Fsp3) is 0.381. The molecule has 31 heavy (non-hydrogen) atoms. The van der Waals surface area contributed by atoms with Gasteiger partial charge in [0.2, 0.25) is 5.92 Å². The van der Waals surface area contributed by atoms with E-state index < -0.39 is 23.3 Å². The van der Waals surface area contributed by atoms with Gasteiger partial charge in [0, 0.05) is 45.7 Å². The van der Waals surface area contributed by atoms with E-state index in [4.69, 9.17) is 0 Å². The second kappa shape index (κ2) is 7.75. The van der Waals surface area contributed by atoms with Crippen LogP contribution in [-0.4, -0.2) is 39.5 Å². The number of alkyl halides is 2. The van der Waals surface area contributed by atoms with Crippen LogP contribution >= 0.6 is 0 Å². The van der Waals surface area contributed by atoms with Crippen LogP contribution in [0.3, 0.4) is 0 Å². The largest absolute Gasteiger partial charge is 0.356 e. The third-order valence-electron chi connectivity index (χ3n) is 5.81. The molecule has 1 saturated carbocycles. The molecule has 1 fully saturated rings. The molecule has 1 aromatic carbocycles. The Morgan fingerprint density at radius 2 is 2.13 bits per heavy atom. The van der Waals surface area contributed by atoms with Crippen LogP contribution in [0, 0.1) is 5.82 Å². The number of hydrogen-bond acceptors (Lipinski definition) is 4. The number of halogens is 3. The lowest BCUT2D eigenvalue weighted by molar-refractivity contribution is 0.00785. The van der Waals surface area contributed by atoms with Gasteiger partial charge in [0.15, 0.2) is 5.82 Å². The summed E-state index contributed by atoms with van der Waals surface area (Å²) in [5, 5.41) is 2.63. The zero-order valence-corrected chi connectivity index (χ0v) is 17.1. The summed E-state index contributed by atoms with van der Waals surface area (Å²) in [6.45, 7) is 0.111. The van der Waals surface area contributed by atoms with Crippen molar-refractivity contribution in [3.05, 3.63) is 57.9 Å². The molecule has 1 aliphatic rings. The summed E-state index contributed by atoms with van der Waals surface area (Å²) >= 11 is 0. The minimum absolute atomic E-state index is 0.0216. The summed E-state index contributed by atoms with van der Waals surface area (Å²) in [5.74, 6) is -3.48. The zero-order chi connectivity index (χ0) is 22.3. The molecule has 1 atom stereocenters.